The van der Waals surface area contributed by atoms with Crippen LogP contribution < -0.4 is 5.32 Å². The van der Waals surface area contributed by atoms with Crippen LogP contribution >= 0.6 is 0 Å². The highest BCUT2D eigenvalue weighted by atomic mass is 16.6. The van der Waals surface area contributed by atoms with Crippen molar-refractivity contribution in [2.24, 2.45) is 5.92 Å². The summed E-state index contributed by atoms with van der Waals surface area (Å²) in [5.74, 6) is 0.467. The zero-order chi connectivity index (χ0) is 26.2. The molecule has 2 aromatic rings. The number of hydrogen-bond acceptors (Lipinski definition) is 4. The third-order valence-corrected chi connectivity index (χ3v) is 6.56. The largest absolute Gasteiger partial charge is 0.445 e. The van der Waals surface area contributed by atoms with E-state index in [0.29, 0.717) is 12.5 Å². The first-order valence-electron chi connectivity index (χ1n) is 13.6. The summed E-state index contributed by atoms with van der Waals surface area (Å²) in [5.41, 5.74) is 1.91. The van der Waals surface area contributed by atoms with E-state index in [4.69, 9.17) is 9.47 Å². The molecule has 1 N–H and O–H groups in total. The summed E-state index contributed by atoms with van der Waals surface area (Å²) in [6, 6.07) is 19.4. The summed E-state index contributed by atoms with van der Waals surface area (Å²) in [7, 11) is 0. The van der Waals surface area contributed by atoms with Crippen LogP contribution in [-0.2, 0) is 22.7 Å². The summed E-state index contributed by atoms with van der Waals surface area (Å²) in [6.07, 6.45) is 5.82. The standard InChI is InChI=1S/C26H32N2O4.2C2H6/c29-25(31-18-20-10-4-1-5-11-20)27-17-23-16-22-14-8-3-9-15-24(22)28(23)26(30)32-19-21-12-6-2-7-13-21;2*1-2/h1-2,4-7,10-13,22-24H,3,8-9,14-19H2,(H,27,29);2*1-2H3/t22-,23?,24+;;/m0../s1. The van der Waals surface area contributed by atoms with E-state index in [9.17, 15) is 9.59 Å². The number of likely N-dealkylation sites (tertiary alicyclic amines) is 1. The average molecular weight is 497 g/mol. The Morgan fingerprint density at radius 2 is 1.36 bits per heavy atom. The van der Waals surface area contributed by atoms with Crippen LogP contribution in [0.5, 0.6) is 0 Å². The lowest BCUT2D eigenvalue weighted by atomic mass is 9.94. The van der Waals surface area contributed by atoms with Crippen molar-refractivity contribution in [3.05, 3.63) is 71.8 Å². The molecule has 198 valence electrons. The normalized spacial score (nSPS) is 20.3. The van der Waals surface area contributed by atoms with Gasteiger partial charge in [0.05, 0.1) is 6.04 Å². The minimum absolute atomic E-state index is 0.0735. The van der Waals surface area contributed by atoms with Crippen molar-refractivity contribution in [3.8, 4) is 0 Å². The summed E-state index contributed by atoms with van der Waals surface area (Å²) in [4.78, 5) is 27.3. The van der Waals surface area contributed by atoms with Gasteiger partial charge < -0.3 is 19.7 Å². The first kappa shape index (κ1) is 29.2. The Hall–Kier alpha value is -3.02. The highest BCUT2D eigenvalue weighted by molar-refractivity contribution is 5.70. The van der Waals surface area contributed by atoms with Crippen molar-refractivity contribution in [1.29, 1.82) is 0 Å². The van der Waals surface area contributed by atoms with E-state index in [0.717, 1.165) is 36.8 Å². The first-order chi connectivity index (χ1) is 17.7. The van der Waals surface area contributed by atoms with E-state index >= 15 is 0 Å². The van der Waals surface area contributed by atoms with Crippen LogP contribution in [0.15, 0.2) is 60.7 Å². The van der Waals surface area contributed by atoms with Gasteiger partial charge in [0.1, 0.15) is 13.2 Å². The minimum atomic E-state index is -0.460. The summed E-state index contributed by atoms with van der Waals surface area (Å²) >= 11 is 0. The Balaban J connectivity index is 0.00000109. The molecule has 1 aliphatic carbocycles. The van der Waals surface area contributed by atoms with Gasteiger partial charge in [0.15, 0.2) is 0 Å². The molecule has 4 rings (SSSR count). The number of hydrogen-bond donors (Lipinski definition) is 1. The van der Waals surface area contributed by atoms with E-state index in [-0.39, 0.29) is 31.4 Å². The molecule has 0 radical (unpaired) electrons. The smallest absolute Gasteiger partial charge is 0.410 e. The van der Waals surface area contributed by atoms with Crippen LogP contribution in [0.25, 0.3) is 0 Å². The Bertz CT molecular complexity index is 875. The fourth-order valence-corrected chi connectivity index (χ4v) is 4.98. The number of carbonyl (C=O) groups is 2. The molecule has 1 aliphatic heterocycles. The van der Waals surface area contributed by atoms with Crippen LogP contribution in [-0.4, -0.2) is 35.7 Å². The predicted octanol–water partition coefficient (Wildman–Crippen LogP) is 7.33. The van der Waals surface area contributed by atoms with Crippen LogP contribution in [0.2, 0.25) is 0 Å². The highest BCUT2D eigenvalue weighted by Crippen LogP contribution is 2.39. The second-order valence-electron chi connectivity index (χ2n) is 8.75. The van der Waals surface area contributed by atoms with Crippen LogP contribution in [0.3, 0.4) is 0 Å². The average Bonchev–Trinajstić information content (AvgIpc) is 3.13. The Labute approximate surface area is 217 Å². The molecule has 6 nitrogen and oxygen atoms in total. The maximum absolute atomic E-state index is 13.1. The molecule has 0 bridgehead atoms. The summed E-state index contributed by atoms with van der Waals surface area (Å²) in [6.45, 7) is 8.86. The Morgan fingerprint density at radius 3 is 1.97 bits per heavy atom. The summed E-state index contributed by atoms with van der Waals surface area (Å²) in [5, 5.41) is 2.87. The first-order valence-corrected chi connectivity index (χ1v) is 13.6. The topological polar surface area (TPSA) is 67.9 Å². The van der Waals surface area contributed by atoms with Crippen LogP contribution in [0.1, 0.15) is 77.3 Å². The molecule has 2 aliphatic rings. The van der Waals surface area contributed by atoms with Crippen LogP contribution in [0.4, 0.5) is 9.59 Å². The molecule has 2 fully saturated rings. The van der Waals surface area contributed by atoms with Crippen molar-refractivity contribution in [3.63, 3.8) is 0 Å². The van der Waals surface area contributed by atoms with Gasteiger partial charge >= 0.3 is 12.2 Å². The zero-order valence-electron chi connectivity index (χ0n) is 22.4. The van der Waals surface area contributed by atoms with Gasteiger partial charge in [-0.15, -0.1) is 0 Å². The third kappa shape index (κ3) is 8.89. The molecule has 2 aromatic carbocycles. The lowest BCUT2D eigenvalue weighted by Gasteiger charge is -2.30. The number of fused-ring (bicyclic) bond motifs is 1. The summed E-state index contributed by atoms with van der Waals surface area (Å²) < 4.78 is 11.0. The molecule has 2 amide bonds. The number of carbonyl (C=O) groups excluding carboxylic acids is 2. The third-order valence-electron chi connectivity index (χ3n) is 6.56. The molecule has 3 atom stereocenters. The predicted molar refractivity (Wildman–Crippen MR) is 145 cm³/mol. The van der Waals surface area contributed by atoms with E-state index < -0.39 is 6.09 Å². The molecular formula is C30H44N2O4. The van der Waals surface area contributed by atoms with Crippen molar-refractivity contribution >= 4 is 12.2 Å². The van der Waals surface area contributed by atoms with Gasteiger partial charge in [0, 0.05) is 12.6 Å². The Kier molecular flexibility index (Phi) is 13.5. The van der Waals surface area contributed by atoms with Crippen LogP contribution in [0, 0.1) is 5.92 Å². The van der Waals surface area contributed by atoms with Gasteiger partial charge in [-0.25, -0.2) is 9.59 Å². The van der Waals surface area contributed by atoms with Crippen molar-refractivity contribution in [2.75, 3.05) is 6.54 Å². The number of nitrogens with zero attached hydrogens (tertiary/aromatic N) is 1. The SMILES string of the molecule is CC.CC.O=C(NCC1C[C@@H]2CCCCC[C@H]2N1C(=O)OCc1ccccc1)OCc1ccccc1. The molecule has 36 heavy (non-hydrogen) atoms. The molecule has 1 unspecified atom stereocenters. The number of nitrogens with one attached hydrogen (secondary N) is 1. The highest BCUT2D eigenvalue weighted by Gasteiger charge is 2.44. The van der Waals surface area contributed by atoms with Gasteiger partial charge in [-0.1, -0.05) is 108 Å². The fraction of sp³-hybridized carbons (Fsp3) is 0.533. The number of rotatable bonds is 6. The van der Waals surface area contributed by atoms with Crippen molar-refractivity contribution < 1.29 is 19.1 Å². The Morgan fingerprint density at radius 1 is 0.806 bits per heavy atom. The number of alkyl carbamates (subject to hydrolysis) is 1. The lowest BCUT2D eigenvalue weighted by molar-refractivity contribution is 0.0723. The molecular weight excluding hydrogens is 452 g/mol. The van der Waals surface area contributed by atoms with Gasteiger partial charge in [-0.2, -0.15) is 0 Å². The maximum atomic E-state index is 13.1. The van der Waals surface area contributed by atoms with Gasteiger partial charge in [0.2, 0.25) is 0 Å². The molecule has 0 spiro atoms. The van der Waals surface area contributed by atoms with E-state index in [1.165, 1.54) is 12.8 Å². The van der Waals surface area contributed by atoms with Gasteiger partial charge in [-0.05, 0) is 36.3 Å². The molecule has 1 saturated heterocycles. The number of benzene rings is 2. The van der Waals surface area contributed by atoms with E-state index in [1.807, 2.05) is 93.3 Å². The number of amides is 2. The molecule has 6 heteroatoms. The maximum Gasteiger partial charge on any atom is 0.410 e. The molecule has 1 heterocycles. The lowest BCUT2D eigenvalue weighted by Crippen LogP contribution is -2.47. The van der Waals surface area contributed by atoms with E-state index in [1.54, 1.807) is 0 Å². The van der Waals surface area contributed by atoms with Gasteiger partial charge in [-0.3, -0.25) is 0 Å². The molecule has 1 saturated carbocycles. The fourth-order valence-electron chi connectivity index (χ4n) is 4.98. The monoisotopic (exact) mass is 496 g/mol. The van der Waals surface area contributed by atoms with Crippen molar-refractivity contribution in [2.45, 2.75) is 91.5 Å². The zero-order valence-corrected chi connectivity index (χ0v) is 22.4. The quantitative estimate of drug-likeness (QED) is 0.455. The second kappa shape index (κ2) is 16.6. The molecule has 0 aromatic heterocycles. The minimum Gasteiger partial charge on any atom is -0.445 e. The van der Waals surface area contributed by atoms with Crippen molar-refractivity contribution in [1.82, 2.24) is 10.2 Å². The second-order valence-corrected chi connectivity index (χ2v) is 8.75. The number of ether oxygens (including phenoxy) is 2. The van der Waals surface area contributed by atoms with Gasteiger partial charge in [0.25, 0.3) is 0 Å². The van der Waals surface area contributed by atoms with E-state index in [2.05, 4.69) is 5.32 Å².